The van der Waals surface area contributed by atoms with Crippen molar-refractivity contribution in [2.75, 3.05) is 26.2 Å². The second kappa shape index (κ2) is 5.38. The van der Waals surface area contributed by atoms with Crippen LogP contribution in [0.15, 0.2) is 18.2 Å². The SMILES string of the molecule is CC(=O)N1CCN(C(=O)c2cccc(C)c2F)CC1. The predicted octanol–water partition coefficient (Wildman–Crippen LogP) is 1.44. The van der Waals surface area contributed by atoms with E-state index in [9.17, 15) is 14.0 Å². The third-order valence-corrected chi connectivity index (χ3v) is 3.43. The summed E-state index contributed by atoms with van der Waals surface area (Å²) in [5, 5.41) is 0. The van der Waals surface area contributed by atoms with Crippen molar-refractivity contribution in [3.05, 3.63) is 35.1 Å². The van der Waals surface area contributed by atoms with Gasteiger partial charge in [0.1, 0.15) is 5.82 Å². The van der Waals surface area contributed by atoms with Crippen LogP contribution in [0.3, 0.4) is 0 Å². The fourth-order valence-electron chi connectivity index (χ4n) is 2.21. The van der Waals surface area contributed by atoms with Gasteiger partial charge in [-0.3, -0.25) is 9.59 Å². The fourth-order valence-corrected chi connectivity index (χ4v) is 2.21. The van der Waals surface area contributed by atoms with Gasteiger partial charge >= 0.3 is 0 Å². The Hall–Kier alpha value is -1.91. The Morgan fingerprint density at radius 1 is 1.11 bits per heavy atom. The molecule has 0 atom stereocenters. The summed E-state index contributed by atoms with van der Waals surface area (Å²) < 4.78 is 13.9. The lowest BCUT2D eigenvalue weighted by Crippen LogP contribution is -2.50. The summed E-state index contributed by atoms with van der Waals surface area (Å²) in [6.45, 7) is 5.07. The van der Waals surface area contributed by atoms with Gasteiger partial charge in [0.2, 0.25) is 5.91 Å². The van der Waals surface area contributed by atoms with Gasteiger partial charge in [-0.1, -0.05) is 12.1 Å². The lowest BCUT2D eigenvalue weighted by Gasteiger charge is -2.34. The fraction of sp³-hybridized carbons (Fsp3) is 0.429. The number of piperazine rings is 1. The molecular formula is C14H17FN2O2. The Bertz CT molecular complexity index is 508. The molecule has 0 radical (unpaired) electrons. The maximum absolute atomic E-state index is 13.9. The number of hydrogen-bond donors (Lipinski definition) is 0. The van der Waals surface area contributed by atoms with Crippen LogP contribution in [-0.4, -0.2) is 47.8 Å². The molecule has 0 spiro atoms. The average Bonchev–Trinajstić information content (AvgIpc) is 2.41. The van der Waals surface area contributed by atoms with E-state index in [4.69, 9.17) is 0 Å². The molecule has 102 valence electrons. The van der Waals surface area contributed by atoms with Crippen LogP contribution in [0.2, 0.25) is 0 Å². The van der Waals surface area contributed by atoms with Crippen molar-refractivity contribution in [3.8, 4) is 0 Å². The van der Waals surface area contributed by atoms with Gasteiger partial charge in [0.15, 0.2) is 0 Å². The molecule has 0 aliphatic carbocycles. The topological polar surface area (TPSA) is 40.6 Å². The smallest absolute Gasteiger partial charge is 0.256 e. The van der Waals surface area contributed by atoms with Gasteiger partial charge in [-0.05, 0) is 18.6 Å². The molecule has 1 aromatic carbocycles. The maximum atomic E-state index is 13.9. The average molecular weight is 264 g/mol. The number of nitrogens with zero attached hydrogens (tertiary/aromatic N) is 2. The molecule has 0 unspecified atom stereocenters. The molecule has 19 heavy (non-hydrogen) atoms. The molecule has 1 aliphatic heterocycles. The lowest BCUT2D eigenvalue weighted by molar-refractivity contribution is -0.130. The normalized spacial score (nSPS) is 15.5. The van der Waals surface area contributed by atoms with Crippen LogP contribution in [0.4, 0.5) is 4.39 Å². The van der Waals surface area contributed by atoms with Crippen molar-refractivity contribution in [1.82, 2.24) is 9.80 Å². The number of hydrogen-bond acceptors (Lipinski definition) is 2. The van der Waals surface area contributed by atoms with Crippen molar-refractivity contribution >= 4 is 11.8 Å². The Morgan fingerprint density at radius 3 is 2.26 bits per heavy atom. The summed E-state index contributed by atoms with van der Waals surface area (Å²) in [7, 11) is 0. The third kappa shape index (κ3) is 2.75. The van der Waals surface area contributed by atoms with Crippen molar-refractivity contribution in [3.63, 3.8) is 0 Å². The van der Waals surface area contributed by atoms with E-state index in [0.29, 0.717) is 31.7 Å². The van der Waals surface area contributed by atoms with E-state index in [2.05, 4.69) is 0 Å². The van der Waals surface area contributed by atoms with Crippen molar-refractivity contribution in [2.24, 2.45) is 0 Å². The van der Waals surface area contributed by atoms with Gasteiger partial charge in [0, 0.05) is 33.1 Å². The van der Waals surface area contributed by atoms with Crippen molar-refractivity contribution in [2.45, 2.75) is 13.8 Å². The zero-order valence-corrected chi connectivity index (χ0v) is 11.1. The summed E-state index contributed by atoms with van der Waals surface area (Å²) in [6.07, 6.45) is 0. The number of benzene rings is 1. The molecule has 1 fully saturated rings. The Labute approximate surface area is 111 Å². The summed E-state index contributed by atoms with van der Waals surface area (Å²) in [6, 6.07) is 4.82. The monoisotopic (exact) mass is 264 g/mol. The minimum absolute atomic E-state index is 0.00818. The van der Waals surface area contributed by atoms with E-state index in [1.807, 2.05) is 0 Å². The molecule has 4 nitrogen and oxygen atoms in total. The molecule has 0 N–H and O–H groups in total. The summed E-state index contributed by atoms with van der Waals surface area (Å²) in [5.74, 6) is -0.750. The first-order valence-corrected chi connectivity index (χ1v) is 6.30. The number of amides is 2. The molecule has 2 amide bonds. The van der Waals surface area contributed by atoms with Crippen molar-refractivity contribution in [1.29, 1.82) is 0 Å². The molecule has 1 aliphatic rings. The molecule has 1 aromatic rings. The quantitative estimate of drug-likeness (QED) is 0.770. The summed E-state index contributed by atoms with van der Waals surface area (Å²) >= 11 is 0. The van der Waals surface area contributed by atoms with E-state index in [0.717, 1.165) is 0 Å². The minimum atomic E-state index is -0.457. The predicted molar refractivity (Wildman–Crippen MR) is 69.3 cm³/mol. The number of rotatable bonds is 1. The van der Waals surface area contributed by atoms with E-state index < -0.39 is 5.82 Å². The van der Waals surface area contributed by atoms with Gasteiger partial charge in [0.05, 0.1) is 5.56 Å². The maximum Gasteiger partial charge on any atom is 0.256 e. The van der Waals surface area contributed by atoms with Crippen LogP contribution in [0.25, 0.3) is 0 Å². The lowest BCUT2D eigenvalue weighted by atomic mass is 10.1. The van der Waals surface area contributed by atoms with E-state index in [-0.39, 0.29) is 17.4 Å². The van der Waals surface area contributed by atoms with Crippen LogP contribution in [0, 0.1) is 12.7 Å². The Kier molecular flexibility index (Phi) is 3.83. The van der Waals surface area contributed by atoms with Gasteiger partial charge in [-0.2, -0.15) is 0 Å². The molecule has 0 bridgehead atoms. The van der Waals surface area contributed by atoms with E-state index in [1.54, 1.807) is 28.9 Å². The summed E-state index contributed by atoms with van der Waals surface area (Å²) in [5.41, 5.74) is 0.574. The van der Waals surface area contributed by atoms with Gasteiger partial charge < -0.3 is 9.80 Å². The molecule has 0 saturated carbocycles. The summed E-state index contributed by atoms with van der Waals surface area (Å²) in [4.78, 5) is 26.7. The first kappa shape index (κ1) is 13.5. The second-order valence-electron chi connectivity index (χ2n) is 4.73. The zero-order valence-electron chi connectivity index (χ0n) is 11.1. The number of aryl methyl sites for hydroxylation is 1. The minimum Gasteiger partial charge on any atom is -0.339 e. The number of halogens is 1. The standard InChI is InChI=1S/C14H17FN2O2/c1-10-4-3-5-12(13(10)15)14(19)17-8-6-16(7-9-17)11(2)18/h3-5H,6-9H2,1-2H3. The van der Waals surface area contributed by atoms with Gasteiger partial charge in [-0.25, -0.2) is 4.39 Å². The highest BCUT2D eigenvalue weighted by Crippen LogP contribution is 2.15. The highest BCUT2D eigenvalue weighted by molar-refractivity contribution is 5.94. The molecule has 0 aromatic heterocycles. The molecule has 1 saturated heterocycles. The second-order valence-corrected chi connectivity index (χ2v) is 4.73. The largest absolute Gasteiger partial charge is 0.339 e. The molecule has 2 rings (SSSR count). The van der Waals surface area contributed by atoms with Crippen LogP contribution in [-0.2, 0) is 4.79 Å². The number of carbonyl (C=O) groups is 2. The Morgan fingerprint density at radius 2 is 1.68 bits per heavy atom. The first-order chi connectivity index (χ1) is 9.00. The first-order valence-electron chi connectivity index (χ1n) is 6.30. The van der Waals surface area contributed by atoms with E-state index in [1.165, 1.54) is 13.0 Å². The van der Waals surface area contributed by atoms with Crippen LogP contribution < -0.4 is 0 Å². The van der Waals surface area contributed by atoms with E-state index >= 15 is 0 Å². The zero-order chi connectivity index (χ0) is 14.0. The van der Waals surface area contributed by atoms with Gasteiger partial charge in [0.25, 0.3) is 5.91 Å². The molecule has 5 heteroatoms. The van der Waals surface area contributed by atoms with Gasteiger partial charge in [-0.15, -0.1) is 0 Å². The molecule has 1 heterocycles. The highest BCUT2D eigenvalue weighted by Gasteiger charge is 2.25. The highest BCUT2D eigenvalue weighted by atomic mass is 19.1. The number of carbonyl (C=O) groups excluding carboxylic acids is 2. The van der Waals surface area contributed by atoms with Crippen molar-refractivity contribution < 1.29 is 14.0 Å². The van der Waals surface area contributed by atoms with Crippen LogP contribution >= 0.6 is 0 Å². The van der Waals surface area contributed by atoms with Crippen LogP contribution in [0.1, 0.15) is 22.8 Å². The van der Waals surface area contributed by atoms with Crippen LogP contribution in [0.5, 0.6) is 0 Å². The molecular weight excluding hydrogens is 247 g/mol. The Balaban J connectivity index is 2.09. The third-order valence-electron chi connectivity index (χ3n) is 3.43.